The molecular formula is C16H18N2O4. The number of rotatable bonds is 3. The Hall–Kier alpha value is -2.50. The summed E-state index contributed by atoms with van der Waals surface area (Å²) in [4.78, 5) is 14.3. The van der Waals surface area contributed by atoms with Gasteiger partial charge in [-0.1, -0.05) is 5.16 Å². The van der Waals surface area contributed by atoms with E-state index in [0.717, 1.165) is 17.7 Å². The highest BCUT2D eigenvalue weighted by Gasteiger charge is 2.25. The molecule has 0 saturated carbocycles. The smallest absolute Gasteiger partial charge is 0.259 e. The monoisotopic (exact) mass is 302 g/mol. The zero-order valence-corrected chi connectivity index (χ0v) is 12.9. The number of aromatic nitrogens is 1. The molecule has 0 aliphatic carbocycles. The van der Waals surface area contributed by atoms with Crippen molar-refractivity contribution in [3.05, 3.63) is 40.8 Å². The Morgan fingerprint density at radius 2 is 1.91 bits per heavy atom. The van der Waals surface area contributed by atoms with Crippen LogP contribution >= 0.6 is 0 Å². The Labute approximate surface area is 128 Å². The van der Waals surface area contributed by atoms with Gasteiger partial charge in [-0.25, -0.2) is 0 Å². The van der Waals surface area contributed by atoms with Gasteiger partial charge in [0, 0.05) is 13.1 Å². The van der Waals surface area contributed by atoms with Crippen molar-refractivity contribution in [2.24, 2.45) is 0 Å². The Bertz CT molecular complexity index is 708. The largest absolute Gasteiger partial charge is 0.493 e. The Balaban J connectivity index is 1.87. The van der Waals surface area contributed by atoms with Crippen LogP contribution < -0.4 is 9.47 Å². The molecule has 1 aromatic heterocycles. The standard InChI is InChI=1S/C16H18N2O4/c1-10-13(8-17-22-10)16(19)18-5-4-11-6-14(20-2)15(21-3)7-12(11)9-18/h6-8H,4-5,9H2,1-3H3. The van der Waals surface area contributed by atoms with Crippen LogP contribution in [-0.2, 0) is 13.0 Å². The fourth-order valence-electron chi connectivity index (χ4n) is 2.73. The second-order valence-corrected chi connectivity index (χ2v) is 5.25. The minimum atomic E-state index is -0.0563. The number of ether oxygens (including phenoxy) is 2. The molecule has 0 bridgehead atoms. The van der Waals surface area contributed by atoms with Crippen LogP contribution in [0.2, 0.25) is 0 Å². The van der Waals surface area contributed by atoms with Crippen molar-refractivity contribution in [2.45, 2.75) is 19.9 Å². The molecule has 116 valence electrons. The number of amides is 1. The molecule has 0 radical (unpaired) electrons. The lowest BCUT2D eigenvalue weighted by Crippen LogP contribution is -2.36. The highest BCUT2D eigenvalue weighted by molar-refractivity contribution is 5.94. The van der Waals surface area contributed by atoms with E-state index >= 15 is 0 Å². The molecule has 1 amide bonds. The quantitative estimate of drug-likeness (QED) is 0.869. The van der Waals surface area contributed by atoms with Crippen LogP contribution in [0.1, 0.15) is 27.2 Å². The van der Waals surface area contributed by atoms with Crippen molar-refractivity contribution in [3.8, 4) is 11.5 Å². The number of nitrogens with zero attached hydrogens (tertiary/aromatic N) is 2. The summed E-state index contributed by atoms with van der Waals surface area (Å²) in [5, 5.41) is 3.67. The second-order valence-electron chi connectivity index (χ2n) is 5.25. The first-order chi connectivity index (χ1) is 10.6. The van der Waals surface area contributed by atoms with Gasteiger partial charge in [0.15, 0.2) is 11.5 Å². The molecule has 0 spiro atoms. The second kappa shape index (κ2) is 5.71. The first-order valence-corrected chi connectivity index (χ1v) is 7.08. The third-order valence-corrected chi connectivity index (χ3v) is 3.99. The molecule has 2 heterocycles. The van der Waals surface area contributed by atoms with Gasteiger partial charge in [-0.2, -0.15) is 0 Å². The zero-order chi connectivity index (χ0) is 15.7. The van der Waals surface area contributed by atoms with Crippen LogP contribution in [0.25, 0.3) is 0 Å². The van der Waals surface area contributed by atoms with Crippen LogP contribution in [0, 0.1) is 6.92 Å². The molecule has 2 aromatic rings. The van der Waals surface area contributed by atoms with Gasteiger partial charge < -0.3 is 18.9 Å². The normalized spacial score (nSPS) is 13.7. The van der Waals surface area contributed by atoms with Crippen molar-refractivity contribution >= 4 is 5.91 Å². The van der Waals surface area contributed by atoms with E-state index in [2.05, 4.69) is 5.16 Å². The van der Waals surface area contributed by atoms with Crippen molar-refractivity contribution < 1.29 is 18.8 Å². The SMILES string of the molecule is COc1cc2c(cc1OC)CN(C(=O)c1cnoc1C)CC2. The van der Waals surface area contributed by atoms with Gasteiger partial charge in [0.2, 0.25) is 0 Å². The van der Waals surface area contributed by atoms with Gasteiger partial charge in [0.1, 0.15) is 11.3 Å². The molecule has 0 N–H and O–H groups in total. The van der Waals surface area contributed by atoms with Crippen molar-refractivity contribution in [1.82, 2.24) is 10.1 Å². The maximum atomic E-state index is 12.5. The Morgan fingerprint density at radius 3 is 2.50 bits per heavy atom. The van der Waals surface area contributed by atoms with Crippen molar-refractivity contribution in [2.75, 3.05) is 20.8 Å². The third-order valence-electron chi connectivity index (χ3n) is 3.99. The number of methoxy groups -OCH3 is 2. The van der Waals surface area contributed by atoms with E-state index in [1.807, 2.05) is 12.1 Å². The lowest BCUT2D eigenvalue weighted by Gasteiger charge is -2.29. The van der Waals surface area contributed by atoms with E-state index in [0.29, 0.717) is 30.2 Å². The van der Waals surface area contributed by atoms with Crippen LogP contribution in [0.5, 0.6) is 11.5 Å². The summed E-state index contributed by atoms with van der Waals surface area (Å²) in [6.07, 6.45) is 2.26. The maximum Gasteiger partial charge on any atom is 0.259 e. The molecule has 1 aromatic carbocycles. The Kier molecular flexibility index (Phi) is 3.75. The first kappa shape index (κ1) is 14.4. The number of carbonyl (C=O) groups is 1. The summed E-state index contributed by atoms with van der Waals surface area (Å²) in [6, 6.07) is 3.93. The molecule has 1 aliphatic rings. The molecule has 0 saturated heterocycles. The Morgan fingerprint density at radius 1 is 1.23 bits per heavy atom. The van der Waals surface area contributed by atoms with Gasteiger partial charge in [0.05, 0.1) is 20.4 Å². The van der Waals surface area contributed by atoms with E-state index in [9.17, 15) is 4.79 Å². The molecule has 0 atom stereocenters. The predicted molar refractivity (Wildman–Crippen MR) is 79.2 cm³/mol. The van der Waals surface area contributed by atoms with Crippen LogP contribution in [0.3, 0.4) is 0 Å². The average Bonchev–Trinajstić information content (AvgIpc) is 2.98. The summed E-state index contributed by atoms with van der Waals surface area (Å²) in [5.41, 5.74) is 2.78. The van der Waals surface area contributed by atoms with Gasteiger partial charge in [-0.3, -0.25) is 4.79 Å². The fraction of sp³-hybridized carbons (Fsp3) is 0.375. The van der Waals surface area contributed by atoms with E-state index in [-0.39, 0.29) is 5.91 Å². The van der Waals surface area contributed by atoms with E-state index < -0.39 is 0 Å². The highest BCUT2D eigenvalue weighted by Crippen LogP contribution is 2.33. The van der Waals surface area contributed by atoms with Crippen LogP contribution in [0.15, 0.2) is 22.9 Å². The van der Waals surface area contributed by atoms with Gasteiger partial charge in [-0.05, 0) is 36.6 Å². The molecule has 0 unspecified atom stereocenters. The molecule has 22 heavy (non-hydrogen) atoms. The third kappa shape index (κ3) is 2.41. The predicted octanol–water partition coefficient (Wildman–Crippen LogP) is 2.20. The first-order valence-electron chi connectivity index (χ1n) is 7.08. The lowest BCUT2D eigenvalue weighted by molar-refractivity contribution is 0.0732. The molecule has 3 rings (SSSR count). The summed E-state index contributed by atoms with van der Waals surface area (Å²) in [7, 11) is 3.23. The number of aryl methyl sites for hydroxylation is 1. The number of hydrogen-bond acceptors (Lipinski definition) is 5. The van der Waals surface area contributed by atoms with Gasteiger partial charge in [-0.15, -0.1) is 0 Å². The number of benzene rings is 1. The molecule has 6 heteroatoms. The number of hydrogen-bond donors (Lipinski definition) is 0. The fourth-order valence-corrected chi connectivity index (χ4v) is 2.73. The molecule has 6 nitrogen and oxygen atoms in total. The van der Waals surface area contributed by atoms with Crippen molar-refractivity contribution in [1.29, 1.82) is 0 Å². The topological polar surface area (TPSA) is 64.8 Å². The highest BCUT2D eigenvalue weighted by atomic mass is 16.5. The van der Waals surface area contributed by atoms with Gasteiger partial charge in [0.25, 0.3) is 5.91 Å². The van der Waals surface area contributed by atoms with E-state index in [4.69, 9.17) is 14.0 Å². The molecular weight excluding hydrogens is 284 g/mol. The average molecular weight is 302 g/mol. The van der Waals surface area contributed by atoms with Crippen molar-refractivity contribution in [3.63, 3.8) is 0 Å². The number of carbonyl (C=O) groups excluding carboxylic acids is 1. The minimum Gasteiger partial charge on any atom is -0.493 e. The van der Waals surface area contributed by atoms with Crippen LogP contribution in [-0.4, -0.2) is 36.7 Å². The van der Waals surface area contributed by atoms with E-state index in [1.165, 1.54) is 11.8 Å². The number of fused-ring (bicyclic) bond motifs is 1. The summed E-state index contributed by atoms with van der Waals surface area (Å²) < 4.78 is 15.6. The zero-order valence-electron chi connectivity index (χ0n) is 12.9. The summed E-state index contributed by atoms with van der Waals surface area (Å²) in [5.74, 6) is 1.88. The van der Waals surface area contributed by atoms with Crippen LogP contribution in [0.4, 0.5) is 0 Å². The summed E-state index contributed by atoms with van der Waals surface area (Å²) >= 11 is 0. The van der Waals surface area contributed by atoms with Gasteiger partial charge >= 0.3 is 0 Å². The maximum absolute atomic E-state index is 12.5. The minimum absolute atomic E-state index is 0.0563. The summed E-state index contributed by atoms with van der Waals surface area (Å²) in [6.45, 7) is 2.94. The molecule has 1 aliphatic heterocycles. The lowest BCUT2D eigenvalue weighted by atomic mass is 9.98. The molecule has 0 fully saturated rings. The van der Waals surface area contributed by atoms with E-state index in [1.54, 1.807) is 26.0 Å².